The van der Waals surface area contributed by atoms with E-state index < -0.39 is 0 Å². The second kappa shape index (κ2) is 4.97. The minimum atomic E-state index is 1.12. The lowest BCUT2D eigenvalue weighted by molar-refractivity contribution is 0.833. The van der Waals surface area contributed by atoms with E-state index in [1.165, 1.54) is 24.8 Å². The Kier molecular flexibility index (Phi) is 3.39. The highest BCUT2D eigenvalue weighted by atomic mass is 14.1. The van der Waals surface area contributed by atoms with Gasteiger partial charge in [-0.2, -0.15) is 0 Å². The second-order valence-electron chi connectivity index (χ2n) is 4.17. The van der Waals surface area contributed by atoms with Gasteiger partial charge in [-0.15, -0.1) is 0 Å². The fourth-order valence-corrected chi connectivity index (χ4v) is 2.02. The third kappa shape index (κ3) is 2.82. The highest BCUT2D eigenvalue weighted by Gasteiger charge is 2.05. The molecule has 0 radical (unpaired) electrons. The maximum atomic E-state index is 2.31. The van der Waals surface area contributed by atoms with Gasteiger partial charge >= 0.3 is 0 Å². The molecule has 0 atom stereocenters. The van der Waals surface area contributed by atoms with Gasteiger partial charge in [-0.05, 0) is 31.2 Å². The Hall–Kier alpha value is -1.30. The molecule has 0 spiro atoms. The lowest BCUT2D eigenvalue weighted by Crippen LogP contribution is -1.96. The third-order valence-corrected chi connectivity index (χ3v) is 3.05. The summed E-state index contributed by atoms with van der Waals surface area (Å²) in [5.74, 6) is 0. The van der Waals surface area contributed by atoms with Gasteiger partial charge in [-0.3, -0.25) is 0 Å². The van der Waals surface area contributed by atoms with Crippen LogP contribution in [0.5, 0.6) is 0 Å². The summed E-state index contributed by atoms with van der Waals surface area (Å²) >= 11 is 0. The zero-order valence-corrected chi connectivity index (χ0v) is 9.37. The molecule has 0 nitrogen and oxygen atoms in total. The van der Waals surface area contributed by atoms with Gasteiger partial charge in [0.1, 0.15) is 0 Å². The first-order valence-electron chi connectivity index (χ1n) is 5.80. The monoisotopic (exact) mass is 198 g/mol. The predicted molar refractivity (Wildman–Crippen MR) is 65.8 cm³/mol. The van der Waals surface area contributed by atoms with Crippen LogP contribution >= 0.6 is 0 Å². The average molecular weight is 198 g/mol. The lowest BCUT2D eigenvalue weighted by Gasteiger charge is -2.13. The van der Waals surface area contributed by atoms with Gasteiger partial charge in [0.2, 0.25) is 0 Å². The number of benzene rings is 1. The van der Waals surface area contributed by atoms with Crippen LogP contribution < -0.4 is 0 Å². The largest absolute Gasteiger partial charge is 0.0702 e. The van der Waals surface area contributed by atoms with Gasteiger partial charge in [-0.1, -0.05) is 60.6 Å². The van der Waals surface area contributed by atoms with Crippen LogP contribution in [0.3, 0.4) is 0 Å². The van der Waals surface area contributed by atoms with Crippen molar-refractivity contribution in [3.63, 3.8) is 0 Å². The zero-order valence-electron chi connectivity index (χ0n) is 9.37. The smallest absolute Gasteiger partial charge is 0.00639 e. The minimum Gasteiger partial charge on any atom is -0.0702 e. The molecule has 2 rings (SSSR count). The summed E-state index contributed by atoms with van der Waals surface area (Å²) in [7, 11) is 0. The summed E-state index contributed by atoms with van der Waals surface area (Å²) in [5, 5.41) is 0. The molecule has 1 aromatic carbocycles. The minimum absolute atomic E-state index is 1.12. The van der Waals surface area contributed by atoms with Crippen molar-refractivity contribution in [2.45, 2.75) is 32.6 Å². The van der Waals surface area contributed by atoms with Gasteiger partial charge in [0, 0.05) is 0 Å². The molecular weight excluding hydrogens is 180 g/mol. The third-order valence-electron chi connectivity index (χ3n) is 3.05. The Morgan fingerprint density at radius 1 is 0.933 bits per heavy atom. The number of hydrogen-bond acceptors (Lipinski definition) is 0. The van der Waals surface area contributed by atoms with Crippen LogP contribution in [0.1, 0.15) is 31.7 Å². The Morgan fingerprint density at radius 2 is 1.60 bits per heavy atom. The molecular formula is C15H18. The SMILES string of the molecule is CCC1=CC=C(Cc2ccccc2)CC1. The fourth-order valence-electron chi connectivity index (χ4n) is 2.02. The van der Waals surface area contributed by atoms with Gasteiger partial charge in [0.25, 0.3) is 0 Å². The van der Waals surface area contributed by atoms with E-state index in [0.29, 0.717) is 0 Å². The van der Waals surface area contributed by atoms with Crippen molar-refractivity contribution in [2.24, 2.45) is 0 Å². The van der Waals surface area contributed by atoms with E-state index in [2.05, 4.69) is 49.4 Å². The molecule has 1 aliphatic rings. The quantitative estimate of drug-likeness (QED) is 0.679. The molecule has 0 N–H and O–H groups in total. The van der Waals surface area contributed by atoms with Gasteiger partial charge in [-0.25, -0.2) is 0 Å². The molecule has 0 heterocycles. The van der Waals surface area contributed by atoms with Crippen LogP contribution in [0, 0.1) is 0 Å². The van der Waals surface area contributed by atoms with E-state index in [1.807, 2.05) is 0 Å². The van der Waals surface area contributed by atoms with Crippen molar-refractivity contribution in [3.05, 3.63) is 59.2 Å². The Labute approximate surface area is 92.3 Å². The van der Waals surface area contributed by atoms with E-state index in [9.17, 15) is 0 Å². The lowest BCUT2D eigenvalue weighted by atomic mass is 9.93. The summed E-state index contributed by atoms with van der Waals surface area (Å²) in [5.41, 5.74) is 4.59. The molecule has 0 amide bonds. The zero-order chi connectivity index (χ0) is 10.5. The number of allylic oxidation sites excluding steroid dienone is 4. The summed E-state index contributed by atoms with van der Waals surface area (Å²) in [6, 6.07) is 10.7. The maximum absolute atomic E-state index is 2.31. The Morgan fingerprint density at radius 3 is 2.20 bits per heavy atom. The van der Waals surface area contributed by atoms with E-state index in [4.69, 9.17) is 0 Å². The van der Waals surface area contributed by atoms with Crippen LogP contribution in [0.25, 0.3) is 0 Å². The predicted octanol–water partition coefficient (Wildman–Crippen LogP) is 4.29. The highest BCUT2D eigenvalue weighted by molar-refractivity contribution is 5.29. The van der Waals surface area contributed by atoms with Crippen LogP contribution in [-0.4, -0.2) is 0 Å². The van der Waals surface area contributed by atoms with E-state index in [-0.39, 0.29) is 0 Å². The van der Waals surface area contributed by atoms with Crippen molar-refractivity contribution in [2.75, 3.05) is 0 Å². The first-order valence-corrected chi connectivity index (χ1v) is 5.80. The standard InChI is InChI=1S/C15H18/c1-2-13-8-10-15(11-9-13)12-14-6-4-3-5-7-14/h3-8,10H,2,9,11-12H2,1H3. The fraction of sp³-hybridized carbons (Fsp3) is 0.333. The van der Waals surface area contributed by atoms with Crippen molar-refractivity contribution in [3.8, 4) is 0 Å². The summed E-state index contributed by atoms with van der Waals surface area (Å²) < 4.78 is 0. The molecule has 78 valence electrons. The molecule has 0 aromatic heterocycles. The first kappa shape index (κ1) is 10.2. The molecule has 0 fully saturated rings. The average Bonchev–Trinajstić information content (AvgIpc) is 2.31. The molecule has 0 aliphatic heterocycles. The van der Waals surface area contributed by atoms with Gasteiger partial charge in [0.15, 0.2) is 0 Å². The van der Waals surface area contributed by atoms with E-state index >= 15 is 0 Å². The first-order chi connectivity index (χ1) is 7.38. The molecule has 15 heavy (non-hydrogen) atoms. The van der Waals surface area contributed by atoms with Crippen LogP contribution in [0.15, 0.2) is 53.6 Å². The molecule has 0 bridgehead atoms. The summed E-state index contributed by atoms with van der Waals surface area (Å²) in [6.45, 7) is 2.24. The molecule has 0 saturated heterocycles. The highest BCUT2D eigenvalue weighted by Crippen LogP contribution is 2.22. The second-order valence-corrected chi connectivity index (χ2v) is 4.17. The van der Waals surface area contributed by atoms with Crippen molar-refractivity contribution >= 4 is 0 Å². The Balaban J connectivity index is 2.03. The topological polar surface area (TPSA) is 0 Å². The van der Waals surface area contributed by atoms with Crippen molar-refractivity contribution < 1.29 is 0 Å². The van der Waals surface area contributed by atoms with Gasteiger partial charge in [0.05, 0.1) is 0 Å². The molecule has 0 unspecified atom stereocenters. The van der Waals surface area contributed by atoms with Crippen LogP contribution in [0.4, 0.5) is 0 Å². The molecule has 0 heteroatoms. The van der Waals surface area contributed by atoms with Crippen molar-refractivity contribution in [1.29, 1.82) is 0 Å². The number of hydrogen-bond donors (Lipinski definition) is 0. The van der Waals surface area contributed by atoms with E-state index in [1.54, 1.807) is 11.1 Å². The molecule has 0 saturated carbocycles. The number of rotatable bonds is 3. The summed E-state index contributed by atoms with van der Waals surface area (Å²) in [4.78, 5) is 0. The normalized spacial score (nSPS) is 15.8. The Bertz CT molecular complexity index is 368. The van der Waals surface area contributed by atoms with Gasteiger partial charge < -0.3 is 0 Å². The van der Waals surface area contributed by atoms with Crippen molar-refractivity contribution in [1.82, 2.24) is 0 Å². The molecule has 1 aromatic rings. The van der Waals surface area contributed by atoms with Crippen LogP contribution in [-0.2, 0) is 6.42 Å². The maximum Gasteiger partial charge on any atom is -0.00639 e. The van der Waals surface area contributed by atoms with Crippen LogP contribution in [0.2, 0.25) is 0 Å². The summed E-state index contributed by atoms with van der Waals surface area (Å²) in [6.07, 6.45) is 9.45. The van der Waals surface area contributed by atoms with E-state index in [0.717, 1.165) is 6.42 Å². The molecule has 1 aliphatic carbocycles.